The highest BCUT2D eigenvalue weighted by Crippen LogP contribution is 2.45. The first-order valence-corrected chi connectivity index (χ1v) is 13.0. The Morgan fingerprint density at radius 3 is 2.63 bits per heavy atom. The first-order chi connectivity index (χ1) is 20.7. The number of carbonyl (C=O) groups is 1. The lowest BCUT2D eigenvalue weighted by Gasteiger charge is -2.27. The van der Waals surface area contributed by atoms with Crippen LogP contribution in [-0.2, 0) is 6.61 Å². The standard InChI is InChI=1S/C31H21ClFN3O7/c1-40-28-12-17(6-11-26(28)41-16-18-4-2-3-5-25(18)33)29-21-9-8-20(14-27(21)43-30(35)23(29)15-34)42-31(37)22-13-19(36(38)39)7-10-24(22)32/h2-14,29H,16,35H2,1H3. The number of rotatable bonds is 8. The fourth-order valence-electron chi connectivity index (χ4n) is 4.54. The van der Waals surface area contributed by atoms with Gasteiger partial charge in [-0.2, -0.15) is 5.26 Å². The van der Waals surface area contributed by atoms with Gasteiger partial charge in [0.2, 0.25) is 5.88 Å². The highest BCUT2D eigenvalue weighted by molar-refractivity contribution is 6.33. The fourth-order valence-corrected chi connectivity index (χ4v) is 4.74. The molecule has 216 valence electrons. The van der Waals surface area contributed by atoms with Crippen LogP contribution in [0.4, 0.5) is 10.1 Å². The van der Waals surface area contributed by atoms with Gasteiger partial charge in [0.25, 0.3) is 5.69 Å². The number of allylic oxidation sites excluding steroid dienone is 1. The van der Waals surface area contributed by atoms with Gasteiger partial charge in [-0.15, -0.1) is 0 Å². The minimum Gasteiger partial charge on any atom is -0.493 e. The van der Waals surface area contributed by atoms with Gasteiger partial charge in [0.1, 0.15) is 35.6 Å². The molecule has 0 fully saturated rings. The van der Waals surface area contributed by atoms with E-state index in [2.05, 4.69) is 6.07 Å². The lowest BCUT2D eigenvalue weighted by molar-refractivity contribution is -0.384. The van der Waals surface area contributed by atoms with Gasteiger partial charge in [0, 0.05) is 29.3 Å². The number of non-ortho nitro benzene ring substituents is 1. The molecule has 4 aromatic rings. The van der Waals surface area contributed by atoms with Gasteiger partial charge < -0.3 is 24.7 Å². The Kier molecular flexibility index (Phi) is 8.14. The highest BCUT2D eigenvalue weighted by atomic mass is 35.5. The Hall–Kier alpha value is -5.60. The van der Waals surface area contributed by atoms with E-state index < -0.39 is 22.6 Å². The quantitative estimate of drug-likeness (QED) is 0.105. The zero-order valence-corrected chi connectivity index (χ0v) is 23.1. The average Bonchev–Trinajstić information content (AvgIpc) is 3.00. The lowest BCUT2D eigenvalue weighted by Crippen LogP contribution is -2.21. The van der Waals surface area contributed by atoms with Crippen molar-refractivity contribution in [1.29, 1.82) is 5.26 Å². The Labute approximate surface area is 249 Å². The monoisotopic (exact) mass is 601 g/mol. The molecule has 1 aliphatic heterocycles. The van der Waals surface area contributed by atoms with Crippen LogP contribution in [-0.4, -0.2) is 18.0 Å². The second kappa shape index (κ2) is 12.1. The van der Waals surface area contributed by atoms with Crippen LogP contribution >= 0.6 is 11.6 Å². The van der Waals surface area contributed by atoms with Crippen molar-refractivity contribution in [2.75, 3.05) is 7.11 Å². The van der Waals surface area contributed by atoms with E-state index in [4.69, 9.17) is 36.3 Å². The molecule has 0 radical (unpaired) electrons. The van der Waals surface area contributed by atoms with Crippen LogP contribution in [0.3, 0.4) is 0 Å². The summed E-state index contributed by atoms with van der Waals surface area (Å²) in [5.74, 6) is -1.17. The third-order valence-corrected chi connectivity index (χ3v) is 6.97. The van der Waals surface area contributed by atoms with E-state index in [1.54, 1.807) is 42.5 Å². The third kappa shape index (κ3) is 5.91. The van der Waals surface area contributed by atoms with Crippen LogP contribution in [0.1, 0.15) is 33.0 Å². The Balaban J connectivity index is 1.44. The van der Waals surface area contributed by atoms with Gasteiger partial charge >= 0.3 is 5.97 Å². The molecule has 0 aromatic heterocycles. The smallest absolute Gasteiger partial charge is 0.345 e. The second-order valence-corrected chi connectivity index (χ2v) is 9.63. The summed E-state index contributed by atoms with van der Waals surface area (Å²) in [5.41, 5.74) is 7.28. The zero-order valence-electron chi connectivity index (χ0n) is 22.4. The predicted octanol–water partition coefficient (Wildman–Crippen LogP) is 6.41. The maximum atomic E-state index is 14.1. The molecule has 1 aliphatic rings. The molecule has 10 nitrogen and oxygen atoms in total. The molecule has 1 atom stereocenters. The molecule has 1 unspecified atom stereocenters. The topological polar surface area (TPSA) is 147 Å². The Bertz CT molecular complexity index is 1840. The number of fused-ring (bicyclic) bond motifs is 1. The van der Waals surface area contributed by atoms with Crippen molar-refractivity contribution in [3.63, 3.8) is 0 Å². The van der Waals surface area contributed by atoms with Gasteiger partial charge in [-0.05, 0) is 35.9 Å². The number of nitrogens with two attached hydrogens (primary N) is 1. The minimum atomic E-state index is -0.919. The molecule has 0 amide bonds. The maximum absolute atomic E-state index is 14.1. The number of ether oxygens (including phenoxy) is 4. The summed E-state index contributed by atoms with van der Waals surface area (Å²) in [6.45, 7) is -0.0260. The first kappa shape index (κ1) is 28.9. The zero-order chi connectivity index (χ0) is 30.7. The van der Waals surface area contributed by atoms with E-state index in [1.807, 2.05) is 0 Å². The number of benzene rings is 4. The van der Waals surface area contributed by atoms with Gasteiger partial charge in [0.05, 0.1) is 28.5 Å². The summed E-state index contributed by atoms with van der Waals surface area (Å²) in [5, 5.41) is 21.0. The minimum absolute atomic E-state index is 0.0222. The van der Waals surface area contributed by atoms with Gasteiger partial charge in [-0.1, -0.05) is 41.9 Å². The first-order valence-electron chi connectivity index (χ1n) is 12.6. The van der Waals surface area contributed by atoms with E-state index in [0.29, 0.717) is 28.2 Å². The molecular weight excluding hydrogens is 581 g/mol. The summed E-state index contributed by atoms with van der Waals surface area (Å²) in [6.07, 6.45) is 0. The number of nitro benzene ring substituents is 1. The van der Waals surface area contributed by atoms with Crippen LogP contribution in [0, 0.1) is 27.3 Å². The van der Waals surface area contributed by atoms with Crippen LogP contribution in [0.2, 0.25) is 5.02 Å². The van der Waals surface area contributed by atoms with E-state index in [0.717, 1.165) is 6.07 Å². The molecular formula is C31H21ClFN3O7. The largest absolute Gasteiger partial charge is 0.493 e. The number of carbonyl (C=O) groups excluding carboxylic acids is 1. The summed E-state index contributed by atoms with van der Waals surface area (Å²) in [4.78, 5) is 23.3. The number of hydrogen-bond acceptors (Lipinski definition) is 9. The molecule has 0 saturated heterocycles. The number of hydrogen-bond donors (Lipinski definition) is 1. The molecule has 5 rings (SSSR count). The summed E-state index contributed by atoms with van der Waals surface area (Å²) < 4.78 is 36.5. The SMILES string of the molecule is COc1cc(C2C(C#N)=C(N)Oc3cc(OC(=O)c4cc([N+](=O)[O-])ccc4Cl)ccc32)ccc1OCc1ccccc1F. The van der Waals surface area contributed by atoms with Crippen LogP contribution in [0.15, 0.2) is 90.3 Å². The number of halogens is 2. The van der Waals surface area contributed by atoms with Crippen molar-refractivity contribution in [1.82, 2.24) is 0 Å². The van der Waals surface area contributed by atoms with E-state index in [1.165, 1.54) is 37.4 Å². The number of esters is 1. The van der Waals surface area contributed by atoms with E-state index in [9.17, 15) is 24.6 Å². The molecule has 0 bridgehead atoms. The molecule has 43 heavy (non-hydrogen) atoms. The Morgan fingerprint density at radius 2 is 1.91 bits per heavy atom. The normalized spacial score (nSPS) is 13.8. The Morgan fingerprint density at radius 1 is 1.12 bits per heavy atom. The number of nitriles is 1. The lowest BCUT2D eigenvalue weighted by atomic mass is 9.83. The maximum Gasteiger partial charge on any atom is 0.345 e. The molecule has 0 saturated carbocycles. The van der Waals surface area contributed by atoms with Crippen molar-refractivity contribution < 1.29 is 33.1 Å². The van der Waals surface area contributed by atoms with Crippen LogP contribution < -0.4 is 24.7 Å². The summed E-state index contributed by atoms with van der Waals surface area (Å²) >= 11 is 6.07. The summed E-state index contributed by atoms with van der Waals surface area (Å²) in [7, 11) is 1.46. The molecule has 12 heteroatoms. The predicted molar refractivity (Wildman–Crippen MR) is 153 cm³/mol. The molecule has 4 aromatic carbocycles. The summed E-state index contributed by atoms with van der Waals surface area (Å²) in [6, 6.07) is 21.3. The number of nitrogens with zero attached hydrogens (tertiary/aromatic N) is 2. The van der Waals surface area contributed by atoms with Gasteiger partial charge in [-0.3, -0.25) is 10.1 Å². The van der Waals surface area contributed by atoms with Crippen molar-refractivity contribution in [3.8, 4) is 29.1 Å². The van der Waals surface area contributed by atoms with E-state index >= 15 is 0 Å². The van der Waals surface area contributed by atoms with Crippen molar-refractivity contribution in [2.45, 2.75) is 12.5 Å². The second-order valence-electron chi connectivity index (χ2n) is 9.23. The van der Waals surface area contributed by atoms with Crippen molar-refractivity contribution in [3.05, 3.63) is 134 Å². The number of methoxy groups -OCH3 is 1. The van der Waals surface area contributed by atoms with Crippen LogP contribution in [0.25, 0.3) is 0 Å². The third-order valence-electron chi connectivity index (χ3n) is 6.64. The average molecular weight is 602 g/mol. The number of nitro groups is 1. The van der Waals surface area contributed by atoms with Crippen molar-refractivity contribution in [2.24, 2.45) is 5.73 Å². The van der Waals surface area contributed by atoms with E-state index in [-0.39, 0.29) is 45.8 Å². The molecule has 2 N–H and O–H groups in total. The fraction of sp³-hybridized carbons (Fsp3) is 0.0968. The van der Waals surface area contributed by atoms with Crippen LogP contribution in [0.5, 0.6) is 23.0 Å². The molecule has 0 aliphatic carbocycles. The molecule has 1 heterocycles. The van der Waals surface area contributed by atoms with Gasteiger partial charge in [-0.25, -0.2) is 9.18 Å². The highest BCUT2D eigenvalue weighted by Gasteiger charge is 2.32. The van der Waals surface area contributed by atoms with Crippen molar-refractivity contribution >= 4 is 23.3 Å². The molecule has 0 spiro atoms. The van der Waals surface area contributed by atoms with Gasteiger partial charge in [0.15, 0.2) is 11.5 Å².